The number of aromatic nitrogens is 5. The molecule has 3 aromatic rings. The van der Waals surface area contributed by atoms with Gasteiger partial charge >= 0.3 is 0 Å². The summed E-state index contributed by atoms with van der Waals surface area (Å²) in [7, 11) is 0. The number of nitrogens with one attached hydrogen (secondary N) is 1. The van der Waals surface area contributed by atoms with Gasteiger partial charge in [0.15, 0.2) is 0 Å². The number of rotatable bonds is 3. The fraction of sp³-hybridized carbons (Fsp3) is 0.316. The van der Waals surface area contributed by atoms with Crippen molar-refractivity contribution in [3.05, 3.63) is 53.3 Å². The van der Waals surface area contributed by atoms with E-state index in [1.165, 1.54) is 5.69 Å². The van der Waals surface area contributed by atoms with E-state index in [2.05, 4.69) is 42.6 Å². The molecule has 1 fully saturated rings. The molecule has 4 rings (SSSR count). The lowest BCUT2D eigenvalue weighted by atomic mass is 10.1. The van der Waals surface area contributed by atoms with E-state index in [1.807, 2.05) is 43.0 Å². The minimum absolute atomic E-state index is 0.00265. The number of hydrogen-bond acceptors (Lipinski definition) is 6. The van der Waals surface area contributed by atoms with Crippen molar-refractivity contribution in [2.45, 2.75) is 13.8 Å². The Morgan fingerprint density at radius 1 is 1.04 bits per heavy atom. The molecule has 0 aliphatic carbocycles. The topological polar surface area (TPSA) is 90.9 Å². The van der Waals surface area contributed by atoms with Gasteiger partial charge in [0, 0.05) is 48.8 Å². The quantitative estimate of drug-likeness (QED) is 0.764. The van der Waals surface area contributed by atoms with Gasteiger partial charge in [-0.1, -0.05) is 18.2 Å². The Morgan fingerprint density at radius 3 is 2.41 bits per heavy atom. The zero-order valence-corrected chi connectivity index (χ0v) is 15.4. The second-order valence-electron chi connectivity index (χ2n) is 6.67. The predicted octanol–water partition coefficient (Wildman–Crippen LogP) is 1.84. The molecule has 0 atom stereocenters. The summed E-state index contributed by atoms with van der Waals surface area (Å²) < 4.78 is 0. The number of amides is 1. The maximum atomic E-state index is 13.1. The minimum atomic E-state index is -0.00265. The molecule has 8 heteroatoms. The molecule has 1 aliphatic heterocycles. The van der Waals surface area contributed by atoms with Crippen molar-refractivity contribution >= 4 is 11.6 Å². The summed E-state index contributed by atoms with van der Waals surface area (Å²) in [4.78, 5) is 21.7. The van der Waals surface area contributed by atoms with Gasteiger partial charge in [-0.05, 0) is 37.3 Å². The van der Waals surface area contributed by atoms with Crippen LogP contribution in [0.15, 0.2) is 36.4 Å². The number of aromatic amines is 1. The SMILES string of the molecule is Cc1cc(N2CCN(C(=O)c3ccccc3-c3nn[nH]n3)CC2)cc(C)n1. The first-order valence-corrected chi connectivity index (χ1v) is 8.94. The average molecular weight is 363 g/mol. The van der Waals surface area contributed by atoms with Gasteiger partial charge in [0.1, 0.15) is 0 Å². The number of carbonyl (C=O) groups excluding carboxylic acids is 1. The lowest BCUT2D eigenvalue weighted by Crippen LogP contribution is -2.49. The maximum absolute atomic E-state index is 13.1. The van der Waals surface area contributed by atoms with Gasteiger partial charge in [-0.2, -0.15) is 5.21 Å². The molecule has 0 bridgehead atoms. The van der Waals surface area contributed by atoms with Crippen LogP contribution in [-0.4, -0.2) is 62.6 Å². The number of pyridine rings is 1. The predicted molar refractivity (Wildman–Crippen MR) is 101 cm³/mol. The van der Waals surface area contributed by atoms with Crippen molar-refractivity contribution in [3.8, 4) is 11.4 Å². The highest BCUT2D eigenvalue weighted by molar-refractivity contribution is 6.00. The van der Waals surface area contributed by atoms with Gasteiger partial charge in [0.05, 0.1) is 5.56 Å². The van der Waals surface area contributed by atoms with Crippen LogP contribution in [0.2, 0.25) is 0 Å². The number of anilines is 1. The van der Waals surface area contributed by atoms with Gasteiger partial charge in [-0.25, -0.2) is 0 Å². The smallest absolute Gasteiger partial charge is 0.254 e. The molecule has 1 aromatic carbocycles. The third-order valence-corrected chi connectivity index (χ3v) is 4.74. The van der Waals surface area contributed by atoms with Gasteiger partial charge in [-0.3, -0.25) is 9.78 Å². The Hall–Kier alpha value is -3.29. The molecule has 3 heterocycles. The zero-order chi connectivity index (χ0) is 18.8. The lowest BCUT2D eigenvalue weighted by Gasteiger charge is -2.36. The van der Waals surface area contributed by atoms with Crippen molar-refractivity contribution in [2.24, 2.45) is 0 Å². The molecule has 27 heavy (non-hydrogen) atoms. The number of H-pyrrole nitrogens is 1. The average Bonchev–Trinajstić information content (AvgIpc) is 3.21. The summed E-state index contributed by atoms with van der Waals surface area (Å²) in [5.41, 5.74) is 4.48. The van der Waals surface area contributed by atoms with Crippen LogP contribution in [0.4, 0.5) is 5.69 Å². The molecule has 1 N–H and O–H groups in total. The summed E-state index contributed by atoms with van der Waals surface area (Å²) in [5.74, 6) is 0.428. The third kappa shape index (κ3) is 3.51. The molecule has 0 spiro atoms. The Labute approximate surface area is 157 Å². The van der Waals surface area contributed by atoms with Gasteiger partial charge in [-0.15, -0.1) is 10.2 Å². The molecule has 1 amide bonds. The molecule has 0 saturated carbocycles. The highest BCUT2D eigenvalue weighted by atomic mass is 16.2. The molecular formula is C19H21N7O. The maximum Gasteiger partial charge on any atom is 0.254 e. The summed E-state index contributed by atoms with van der Waals surface area (Å²) in [5, 5.41) is 14.1. The summed E-state index contributed by atoms with van der Waals surface area (Å²) in [6.07, 6.45) is 0. The minimum Gasteiger partial charge on any atom is -0.368 e. The van der Waals surface area contributed by atoms with E-state index < -0.39 is 0 Å². The number of piperazine rings is 1. The van der Waals surface area contributed by atoms with E-state index in [9.17, 15) is 4.79 Å². The van der Waals surface area contributed by atoms with Crippen LogP contribution in [0.25, 0.3) is 11.4 Å². The first-order valence-electron chi connectivity index (χ1n) is 8.94. The molecule has 138 valence electrons. The van der Waals surface area contributed by atoms with Crippen molar-refractivity contribution in [2.75, 3.05) is 31.1 Å². The van der Waals surface area contributed by atoms with Crippen molar-refractivity contribution < 1.29 is 4.79 Å². The highest BCUT2D eigenvalue weighted by Crippen LogP contribution is 2.23. The molecule has 2 aromatic heterocycles. The van der Waals surface area contributed by atoms with Crippen molar-refractivity contribution in [3.63, 3.8) is 0 Å². The van der Waals surface area contributed by atoms with Gasteiger partial charge < -0.3 is 9.80 Å². The van der Waals surface area contributed by atoms with E-state index in [-0.39, 0.29) is 5.91 Å². The number of benzene rings is 1. The van der Waals surface area contributed by atoms with Gasteiger partial charge in [0.25, 0.3) is 5.91 Å². The molecule has 0 radical (unpaired) electrons. The van der Waals surface area contributed by atoms with Crippen LogP contribution in [0, 0.1) is 13.8 Å². The fourth-order valence-corrected chi connectivity index (χ4v) is 3.47. The molecular weight excluding hydrogens is 342 g/mol. The van der Waals surface area contributed by atoms with Crippen LogP contribution < -0.4 is 4.90 Å². The normalized spacial score (nSPS) is 14.4. The first-order chi connectivity index (χ1) is 13.1. The first kappa shape index (κ1) is 17.1. The highest BCUT2D eigenvalue weighted by Gasteiger charge is 2.25. The molecule has 1 saturated heterocycles. The largest absolute Gasteiger partial charge is 0.368 e. The fourth-order valence-electron chi connectivity index (χ4n) is 3.47. The van der Waals surface area contributed by atoms with Gasteiger partial charge in [0.2, 0.25) is 5.82 Å². The third-order valence-electron chi connectivity index (χ3n) is 4.74. The molecule has 1 aliphatic rings. The van der Waals surface area contributed by atoms with Crippen LogP contribution in [0.3, 0.4) is 0 Å². The van der Waals surface area contributed by atoms with Crippen LogP contribution >= 0.6 is 0 Å². The second-order valence-corrected chi connectivity index (χ2v) is 6.67. The number of nitrogens with zero attached hydrogens (tertiary/aromatic N) is 6. The number of carbonyl (C=O) groups is 1. The monoisotopic (exact) mass is 363 g/mol. The van der Waals surface area contributed by atoms with E-state index in [0.717, 1.165) is 24.5 Å². The lowest BCUT2D eigenvalue weighted by molar-refractivity contribution is 0.0747. The van der Waals surface area contributed by atoms with Crippen molar-refractivity contribution in [1.82, 2.24) is 30.5 Å². The van der Waals surface area contributed by atoms with E-state index >= 15 is 0 Å². The number of aryl methyl sites for hydroxylation is 2. The second kappa shape index (κ2) is 7.14. The number of tetrazole rings is 1. The van der Waals surface area contributed by atoms with E-state index in [1.54, 1.807) is 0 Å². The number of hydrogen-bond donors (Lipinski definition) is 1. The standard InChI is InChI=1S/C19H21N7O/c1-13-11-15(12-14(2)20-13)25-7-9-26(10-8-25)19(27)17-6-4-3-5-16(17)18-21-23-24-22-18/h3-6,11-12H,7-10H2,1-2H3,(H,21,22,23,24). The Bertz CT molecular complexity index is 926. The van der Waals surface area contributed by atoms with Crippen LogP contribution in [-0.2, 0) is 0 Å². The summed E-state index contributed by atoms with van der Waals surface area (Å²) in [6, 6.07) is 11.6. The summed E-state index contributed by atoms with van der Waals surface area (Å²) in [6.45, 7) is 6.92. The zero-order valence-electron chi connectivity index (χ0n) is 15.4. The van der Waals surface area contributed by atoms with Crippen LogP contribution in [0.1, 0.15) is 21.7 Å². The van der Waals surface area contributed by atoms with Crippen molar-refractivity contribution in [1.29, 1.82) is 0 Å². The Morgan fingerprint density at radius 2 is 1.74 bits per heavy atom. The summed E-state index contributed by atoms with van der Waals surface area (Å²) >= 11 is 0. The molecule has 8 nitrogen and oxygen atoms in total. The Balaban J connectivity index is 1.50. The van der Waals surface area contributed by atoms with Crippen LogP contribution in [0.5, 0.6) is 0 Å². The van der Waals surface area contributed by atoms with E-state index in [4.69, 9.17) is 0 Å². The Kier molecular flexibility index (Phi) is 4.53. The molecule has 0 unspecified atom stereocenters. The van der Waals surface area contributed by atoms with E-state index in [0.29, 0.717) is 30.0 Å².